The number of nitrogens with zero attached hydrogens (tertiary/aromatic N) is 1. The van der Waals surface area contributed by atoms with Gasteiger partial charge < -0.3 is 14.2 Å². The van der Waals surface area contributed by atoms with Gasteiger partial charge in [0.25, 0.3) is 0 Å². The molecule has 0 N–H and O–H groups in total. The highest BCUT2D eigenvalue weighted by atomic mass is 31.1. The molecule has 1 heterocycles. The second-order valence-electron chi connectivity index (χ2n) is 2.85. The third kappa shape index (κ3) is 2.61. The molecule has 1 aliphatic rings. The first-order valence-electron chi connectivity index (χ1n) is 4.02. The topological polar surface area (TPSA) is 46.6 Å². The average Bonchev–Trinajstić information content (AvgIpc) is 2.06. The molecule has 0 radical (unpaired) electrons. The maximum absolute atomic E-state index is 11.2. The Kier molecular flexibility index (Phi) is 3.76. The van der Waals surface area contributed by atoms with E-state index in [9.17, 15) is 9.36 Å². The molecule has 0 atom stereocenters. The molecule has 70 valence electrons. The Morgan fingerprint density at radius 2 is 2.08 bits per heavy atom. The first-order valence-corrected chi connectivity index (χ1v) is 5.84. The van der Waals surface area contributed by atoms with Crippen LogP contribution in [0, 0.1) is 0 Å². The minimum atomic E-state index is -1.36. The van der Waals surface area contributed by atoms with Crippen molar-refractivity contribution in [2.45, 2.75) is 0 Å². The van der Waals surface area contributed by atoms with Crippen LogP contribution in [0.1, 0.15) is 0 Å². The van der Waals surface area contributed by atoms with E-state index in [-0.39, 0.29) is 12.5 Å². The summed E-state index contributed by atoms with van der Waals surface area (Å²) in [4.78, 5) is 12.9. The third-order valence-electron chi connectivity index (χ3n) is 1.94. The van der Waals surface area contributed by atoms with Crippen molar-refractivity contribution < 1.29 is 14.1 Å². The summed E-state index contributed by atoms with van der Waals surface area (Å²) in [6.45, 7) is 1.42. The van der Waals surface area contributed by atoms with Gasteiger partial charge in [0.15, 0.2) is 0 Å². The van der Waals surface area contributed by atoms with Gasteiger partial charge in [0, 0.05) is 32.5 Å². The summed E-state index contributed by atoms with van der Waals surface area (Å²) < 4.78 is 15.7. The van der Waals surface area contributed by atoms with E-state index in [4.69, 9.17) is 4.74 Å². The quantitative estimate of drug-likeness (QED) is 0.579. The standard InChI is InChI=1S/C7H14NO3P/c1-11-6-7(9)8-2-4-12(10)5-3-8/h12H,2-6H2,1H3. The molecule has 0 spiro atoms. The second-order valence-corrected chi connectivity index (χ2v) is 4.93. The molecule has 1 rings (SSSR count). The molecular formula is C7H14NO3P. The lowest BCUT2D eigenvalue weighted by Gasteiger charge is -2.26. The molecule has 0 saturated carbocycles. The Balaban J connectivity index is 2.33. The van der Waals surface area contributed by atoms with Gasteiger partial charge in [-0.1, -0.05) is 0 Å². The van der Waals surface area contributed by atoms with Gasteiger partial charge in [-0.2, -0.15) is 0 Å². The van der Waals surface area contributed by atoms with Gasteiger partial charge >= 0.3 is 0 Å². The smallest absolute Gasteiger partial charge is 0.248 e. The molecule has 12 heavy (non-hydrogen) atoms. The van der Waals surface area contributed by atoms with Crippen molar-refractivity contribution in [1.82, 2.24) is 4.90 Å². The molecule has 1 amide bonds. The van der Waals surface area contributed by atoms with E-state index in [2.05, 4.69) is 0 Å². The van der Waals surface area contributed by atoms with Gasteiger partial charge in [-0.25, -0.2) is 0 Å². The maximum atomic E-state index is 11.2. The van der Waals surface area contributed by atoms with Gasteiger partial charge in [0.2, 0.25) is 5.91 Å². The largest absolute Gasteiger partial charge is 0.375 e. The first-order chi connectivity index (χ1) is 5.74. The summed E-state index contributed by atoms with van der Waals surface area (Å²) in [6, 6.07) is 0. The van der Waals surface area contributed by atoms with Crippen LogP contribution in [-0.2, 0) is 14.1 Å². The van der Waals surface area contributed by atoms with E-state index in [1.54, 1.807) is 4.90 Å². The van der Waals surface area contributed by atoms with Gasteiger partial charge in [-0.15, -0.1) is 0 Å². The van der Waals surface area contributed by atoms with Crippen LogP contribution in [0.15, 0.2) is 0 Å². The van der Waals surface area contributed by atoms with Gasteiger partial charge in [0.05, 0.1) is 7.80 Å². The normalized spacial score (nSPS) is 19.6. The summed E-state index contributed by atoms with van der Waals surface area (Å²) >= 11 is 0. The molecule has 0 aromatic carbocycles. The van der Waals surface area contributed by atoms with Crippen molar-refractivity contribution in [3.8, 4) is 0 Å². The highest BCUT2D eigenvalue weighted by molar-refractivity contribution is 7.44. The molecule has 0 aromatic rings. The van der Waals surface area contributed by atoms with Crippen molar-refractivity contribution in [2.75, 3.05) is 39.1 Å². The number of amides is 1. The van der Waals surface area contributed by atoms with Crippen LogP contribution in [0.4, 0.5) is 0 Å². The first kappa shape index (κ1) is 9.75. The zero-order valence-corrected chi connectivity index (χ0v) is 8.21. The lowest BCUT2D eigenvalue weighted by atomic mass is 10.4. The number of carbonyl (C=O) groups excluding carboxylic acids is 1. The molecular weight excluding hydrogens is 177 g/mol. The van der Waals surface area contributed by atoms with Gasteiger partial charge in [-0.05, 0) is 0 Å². The molecule has 0 unspecified atom stereocenters. The van der Waals surface area contributed by atoms with Crippen molar-refractivity contribution in [2.24, 2.45) is 0 Å². The zero-order chi connectivity index (χ0) is 8.97. The monoisotopic (exact) mass is 191 g/mol. The van der Waals surface area contributed by atoms with Gasteiger partial charge in [-0.3, -0.25) is 4.79 Å². The Bertz CT molecular complexity index is 185. The Hall–Kier alpha value is -0.340. The van der Waals surface area contributed by atoms with Crippen LogP contribution in [0.2, 0.25) is 0 Å². The molecule has 5 heteroatoms. The number of rotatable bonds is 2. The maximum Gasteiger partial charge on any atom is 0.248 e. The summed E-state index contributed by atoms with van der Waals surface area (Å²) in [5.41, 5.74) is 0. The minimum Gasteiger partial charge on any atom is -0.375 e. The summed E-state index contributed by atoms with van der Waals surface area (Å²) in [6.07, 6.45) is 1.36. The lowest BCUT2D eigenvalue weighted by molar-refractivity contribution is -0.134. The fourth-order valence-corrected chi connectivity index (χ4v) is 2.51. The average molecular weight is 191 g/mol. The predicted molar refractivity (Wildman–Crippen MR) is 47.2 cm³/mol. The zero-order valence-electron chi connectivity index (χ0n) is 7.21. The van der Waals surface area contributed by atoms with Crippen molar-refractivity contribution in [3.05, 3.63) is 0 Å². The number of hydrogen-bond donors (Lipinski definition) is 0. The van der Waals surface area contributed by atoms with Crippen LogP contribution in [0.3, 0.4) is 0 Å². The van der Waals surface area contributed by atoms with E-state index >= 15 is 0 Å². The fourth-order valence-electron chi connectivity index (χ4n) is 1.22. The Morgan fingerprint density at radius 1 is 1.50 bits per heavy atom. The van der Waals surface area contributed by atoms with E-state index in [0.717, 1.165) is 0 Å². The second kappa shape index (κ2) is 4.63. The molecule has 1 fully saturated rings. The number of hydrogen-bond acceptors (Lipinski definition) is 3. The van der Waals surface area contributed by atoms with Crippen molar-refractivity contribution in [3.63, 3.8) is 0 Å². The molecule has 0 bridgehead atoms. The van der Waals surface area contributed by atoms with Crippen LogP contribution >= 0.6 is 7.80 Å². The van der Waals surface area contributed by atoms with Crippen LogP contribution in [0.25, 0.3) is 0 Å². The summed E-state index contributed by atoms with van der Waals surface area (Å²) in [7, 11) is 0.147. The highest BCUT2D eigenvalue weighted by Gasteiger charge is 2.18. The van der Waals surface area contributed by atoms with Crippen LogP contribution in [0.5, 0.6) is 0 Å². The van der Waals surface area contributed by atoms with E-state index in [1.807, 2.05) is 0 Å². The Labute approximate surface area is 72.7 Å². The fraction of sp³-hybridized carbons (Fsp3) is 0.857. The minimum absolute atomic E-state index is 0.00648. The number of ether oxygens (including phenoxy) is 1. The SMILES string of the molecule is COCC(=O)N1CC[PH](=O)CC1. The van der Waals surface area contributed by atoms with Crippen molar-refractivity contribution in [1.29, 1.82) is 0 Å². The Morgan fingerprint density at radius 3 is 2.58 bits per heavy atom. The number of carbonyl (C=O) groups is 1. The molecule has 1 aliphatic heterocycles. The molecule has 1 saturated heterocycles. The number of methoxy groups -OCH3 is 1. The molecule has 0 aliphatic carbocycles. The predicted octanol–water partition coefficient (Wildman–Crippen LogP) is 0.0347. The van der Waals surface area contributed by atoms with E-state index < -0.39 is 7.80 Å². The van der Waals surface area contributed by atoms with E-state index in [0.29, 0.717) is 25.4 Å². The lowest BCUT2D eigenvalue weighted by Crippen LogP contribution is -2.39. The summed E-state index contributed by atoms with van der Waals surface area (Å²) in [5.74, 6) is 0.00648. The summed E-state index contributed by atoms with van der Waals surface area (Å²) in [5, 5.41) is 0. The van der Waals surface area contributed by atoms with Crippen LogP contribution in [-0.4, -0.2) is 49.9 Å². The van der Waals surface area contributed by atoms with Gasteiger partial charge in [0.1, 0.15) is 6.61 Å². The van der Waals surface area contributed by atoms with Crippen molar-refractivity contribution >= 4 is 13.7 Å². The molecule has 4 nitrogen and oxygen atoms in total. The molecule has 0 aromatic heterocycles. The highest BCUT2D eigenvalue weighted by Crippen LogP contribution is 2.23. The van der Waals surface area contributed by atoms with Crippen LogP contribution < -0.4 is 0 Å². The van der Waals surface area contributed by atoms with E-state index in [1.165, 1.54) is 7.11 Å². The third-order valence-corrected chi connectivity index (χ3v) is 3.50.